The Bertz CT molecular complexity index is 2710. The van der Waals surface area contributed by atoms with Gasteiger partial charge in [0.2, 0.25) is 0 Å². The highest BCUT2D eigenvalue weighted by Gasteiger charge is 2.16. The molecule has 0 fully saturated rings. The van der Waals surface area contributed by atoms with Crippen LogP contribution < -0.4 is 0 Å². The van der Waals surface area contributed by atoms with Crippen molar-refractivity contribution in [3.8, 4) is 39.9 Å². The van der Waals surface area contributed by atoms with Crippen LogP contribution >= 0.6 is 0 Å². The number of fused-ring (bicyclic) bond motifs is 6. The minimum absolute atomic E-state index is 0.00773. The highest BCUT2D eigenvalue weighted by atomic mass is 16.3. The van der Waals surface area contributed by atoms with Gasteiger partial charge in [0.15, 0.2) is 17.5 Å². The Kier molecular flexibility index (Phi) is 4.42. The van der Waals surface area contributed by atoms with E-state index < -0.39 is 18.1 Å². The second kappa shape index (κ2) is 9.75. The maximum atomic E-state index is 8.59. The van der Waals surface area contributed by atoms with E-state index in [4.69, 9.17) is 21.2 Å². The monoisotopic (exact) mass is 569 g/mol. The van der Waals surface area contributed by atoms with Gasteiger partial charge in [0.1, 0.15) is 11.2 Å². The number of aromatic nitrogens is 4. The fourth-order valence-corrected chi connectivity index (χ4v) is 5.94. The van der Waals surface area contributed by atoms with E-state index in [1.54, 1.807) is 0 Å². The number of furan rings is 1. The van der Waals surface area contributed by atoms with Gasteiger partial charge >= 0.3 is 0 Å². The van der Waals surface area contributed by atoms with E-state index in [0.29, 0.717) is 28.4 Å². The van der Waals surface area contributed by atoms with Gasteiger partial charge < -0.3 is 8.98 Å². The van der Waals surface area contributed by atoms with Crippen molar-refractivity contribution in [1.29, 1.82) is 0 Å². The molecule has 0 aliphatic carbocycles. The van der Waals surface area contributed by atoms with Crippen LogP contribution in [0.4, 0.5) is 0 Å². The smallest absolute Gasteiger partial charge is 0.164 e. The molecule has 0 atom stereocenters. The van der Waals surface area contributed by atoms with E-state index in [1.165, 1.54) is 10.8 Å². The van der Waals surface area contributed by atoms with Gasteiger partial charge in [-0.3, -0.25) is 0 Å². The van der Waals surface area contributed by atoms with Crippen LogP contribution in [-0.2, 0) is 0 Å². The SMILES string of the molecule is [2H]c1c([2H])c([2H])c(-c2nc(-c3ccccc3)nc(-c3ccc4oc5ccc(-n6c7ccccc7c7ccccc76)cc5c4c3)n2)c([2H])c1[2H]. The van der Waals surface area contributed by atoms with Crippen LogP contribution in [0.25, 0.3) is 83.6 Å². The number of nitrogens with zero attached hydrogens (tertiary/aromatic N) is 4. The van der Waals surface area contributed by atoms with Crippen molar-refractivity contribution in [3.05, 3.63) is 145 Å². The molecule has 6 aromatic carbocycles. The average Bonchev–Trinajstić information content (AvgIpc) is 3.68. The van der Waals surface area contributed by atoms with Crippen molar-refractivity contribution in [1.82, 2.24) is 19.5 Å². The highest BCUT2D eigenvalue weighted by Crippen LogP contribution is 2.37. The summed E-state index contributed by atoms with van der Waals surface area (Å²) in [5.74, 6) is 0.607. The Morgan fingerprint density at radius 2 is 1.05 bits per heavy atom. The topological polar surface area (TPSA) is 56.7 Å². The average molecular weight is 570 g/mol. The molecule has 9 rings (SSSR count). The third-order valence-corrected chi connectivity index (χ3v) is 7.94. The van der Waals surface area contributed by atoms with Gasteiger partial charge in [0.25, 0.3) is 0 Å². The van der Waals surface area contributed by atoms with Gasteiger partial charge in [-0.1, -0.05) is 96.9 Å². The van der Waals surface area contributed by atoms with E-state index in [1.807, 2.05) is 66.7 Å². The molecule has 0 unspecified atom stereocenters. The predicted molar refractivity (Wildman–Crippen MR) is 178 cm³/mol. The molecule has 0 N–H and O–H groups in total. The quantitative estimate of drug-likeness (QED) is 0.212. The van der Waals surface area contributed by atoms with Crippen LogP contribution in [0, 0.1) is 0 Å². The van der Waals surface area contributed by atoms with Crippen molar-refractivity contribution in [3.63, 3.8) is 0 Å². The molecule has 0 bridgehead atoms. The molecule has 0 aliphatic heterocycles. The number of rotatable bonds is 4. The molecule has 0 spiro atoms. The summed E-state index contributed by atoms with van der Waals surface area (Å²) in [5.41, 5.74) is 5.91. The maximum Gasteiger partial charge on any atom is 0.164 e. The molecule has 3 aromatic heterocycles. The van der Waals surface area contributed by atoms with Crippen LogP contribution in [-0.4, -0.2) is 19.5 Å². The molecule has 5 heteroatoms. The van der Waals surface area contributed by atoms with Gasteiger partial charge in [-0.05, 0) is 48.5 Å². The van der Waals surface area contributed by atoms with Crippen LogP contribution in [0.1, 0.15) is 6.85 Å². The Morgan fingerprint density at radius 3 is 1.75 bits per heavy atom. The Morgan fingerprint density at radius 1 is 0.477 bits per heavy atom. The van der Waals surface area contributed by atoms with Crippen molar-refractivity contribution < 1.29 is 11.3 Å². The zero-order chi connectivity index (χ0) is 33.4. The molecule has 0 aliphatic rings. The normalized spacial score (nSPS) is 13.2. The van der Waals surface area contributed by atoms with Crippen LogP contribution in [0.2, 0.25) is 0 Å². The maximum absolute atomic E-state index is 8.59. The number of para-hydroxylation sites is 2. The fraction of sp³-hybridized carbons (Fsp3) is 0. The molecule has 9 aromatic rings. The van der Waals surface area contributed by atoms with Gasteiger partial charge in [0.05, 0.1) is 17.9 Å². The van der Waals surface area contributed by atoms with Crippen molar-refractivity contribution in [2.24, 2.45) is 0 Å². The lowest BCUT2D eigenvalue weighted by Crippen LogP contribution is -2.00. The van der Waals surface area contributed by atoms with Crippen molar-refractivity contribution in [2.45, 2.75) is 0 Å². The predicted octanol–water partition coefficient (Wildman–Crippen LogP) is 9.87. The molecule has 0 radical (unpaired) electrons. The van der Waals surface area contributed by atoms with Crippen LogP contribution in [0.3, 0.4) is 0 Å². The molecule has 3 heterocycles. The first-order chi connectivity index (χ1) is 23.9. The van der Waals surface area contributed by atoms with Gasteiger partial charge in [-0.2, -0.15) is 0 Å². The van der Waals surface area contributed by atoms with E-state index in [-0.39, 0.29) is 23.5 Å². The fourth-order valence-electron chi connectivity index (χ4n) is 5.94. The lowest BCUT2D eigenvalue weighted by molar-refractivity contribution is 0.669. The summed E-state index contributed by atoms with van der Waals surface area (Å²) < 4.78 is 50.3. The molecule has 206 valence electrons. The minimum atomic E-state index is -0.478. The Balaban J connectivity index is 1.26. The van der Waals surface area contributed by atoms with Crippen molar-refractivity contribution >= 4 is 43.7 Å². The number of hydrogen-bond donors (Lipinski definition) is 0. The third-order valence-electron chi connectivity index (χ3n) is 7.94. The van der Waals surface area contributed by atoms with Gasteiger partial charge in [-0.25, -0.2) is 15.0 Å². The molecule has 0 saturated carbocycles. The molecular formula is C39H24N4O. The van der Waals surface area contributed by atoms with Gasteiger partial charge in [-0.15, -0.1) is 0 Å². The summed E-state index contributed by atoms with van der Waals surface area (Å²) in [5, 5.41) is 4.13. The summed E-state index contributed by atoms with van der Waals surface area (Å²) in [6, 6.07) is 35.8. The third kappa shape index (κ3) is 3.91. The molecule has 5 nitrogen and oxygen atoms in total. The molecule has 44 heavy (non-hydrogen) atoms. The number of benzene rings is 6. The van der Waals surface area contributed by atoms with E-state index >= 15 is 0 Å². The summed E-state index contributed by atoms with van der Waals surface area (Å²) in [4.78, 5) is 14.1. The summed E-state index contributed by atoms with van der Waals surface area (Å²) >= 11 is 0. The summed E-state index contributed by atoms with van der Waals surface area (Å²) in [7, 11) is 0. The second-order valence-corrected chi connectivity index (χ2v) is 10.5. The molecule has 0 saturated heterocycles. The van der Waals surface area contributed by atoms with Crippen LogP contribution in [0.5, 0.6) is 0 Å². The standard InChI is InChI=1S/C39H24N4O/c1-3-11-25(12-4-1)37-40-38(26-13-5-2-6-14-26)42-39(41-37)27-19-21-35-31(23-27)32-24-28(20-22-36(32)44-35)43-33-17-9-7-15-29(33)30-16-8-10-18-34(30)43/h1-24H/i1D,3D,4D,11D,12D. The van der Waals surface area contributed by atoms with Gasteiger partial charge in [0, 0.05) is 43.9 Å². The van der Waals surface area contributed by atoms with Crippen LogP contribution in [0.15, 0.2) is 150 Å². The van der Waals surface area contributed by atoms with E-state index in [0.717, 1.165) is 33.1 Å². The summed E-state index contributed by atoms with van der Waals surface area (Å²) in [6.07, 6.45) is 0. The zero-order valence-electron chi connectivity index (χ0n) is 28.2. The number of hydrogen-bond acceptors (Lipinski definition) is 4. The van der Waals surface area contributed by atoms with Crippen molar-refractivity contribution in [2.75, 3.05) is 0 Å². The zero-order valence-corrected chi connectivity index (χ0v) is 23.2. The molecular weight excluding hydrogens is 540 g/mol. The second-order valence-electron chi connectivity index (χ2n) is 10.5. The lowest BCUT2D eigenvalue weighted by Gasteiger charge is -2.09. The van der Waals surface area contributed by atoms with E-state index in [9.17, 15) is 0 Å². The Labute approximate surface area is 259 Å². The summed E-state index contributed by atoms with van der Waals surface area (Å²) in [6.45, 7) is 0. The largest absolute Gasteiger partial charge is 0.456 e. The first kappa shape index (κ1) is 19.9. The Hall–Kier alpha value is -6.07. The van der Waals surface area contributed by atoms with E-state index in [2.05, 4.69) is 58.1 Å². The highest BCUT2D eigenvalue weighted by molar-refractivity contribution is 6.10. The first-order valence-corrected chi connectivity index (χ1v) is 14.2. The molecule has 0 amide bonds. The first-order valence-electron chi connectivity index (χ1n) is 16.7. The minimum Gasteiger partial charge on any atom is -0.456 e. The lowest BCUT2D eigenvalue weighted by atomic mass is 10.1.